The van der Waals surface area contributed by atoms with E-state index in [9.17, 15) is 4.79 Å². The second-order valence-corrected chi connectivity index (χ2v) is 3.45. The lowest BCUT2D eigenvalue weighted by molar-refractivity contribution is -0.119. The predicted molar refractivity (Wildman–Crippen MR) is 51.1 cm³/mol. The fourth-order valence-corrected chi connectivity index (χ4v) is 1.29. The number of hydrogen-bond donors (Lipinski definition) is 1. The number of nitrogens with zero attached hydrogens (tertiary/aromatic N) is 1. The molecule has 0 radical (unpaired) electrons. The summed E-state index contributed by atoms with van der Waals surface area (Å²) < 4.78 is 0. The van der Waals surface area contributed by atoms with E-state index < -0.39 is 0 Å². The molecule has 0 aromatic rings. The topological polar surface area (TPSA) is 32.3 Å². The Hall–Kier alpha value is -0.570. The zero-order chi connectivity index (χ0) is 9.56. The van der Waals surface area contributed by atoms with Crippen molar-refractivity contribution < 1.29 is 4.79 Å². The molecule has 72 valence electrons. The second kappa shape index (κ2) is 6.00. The van der Waals surface area contributed by atoms with Crippen molar-refractivity contribution in [2.75, 3.05) is 20.6 Å². The molecule has 0 rings (SSSR count). The summed E-state index contributed by atoms with van der Waals surface area (Å²) in [6, 6.07) is 0.308. The fourth-order valence-electron chi connectivity index (χ4n) is 1.29. The Balaban J connectivity index is 3.77. The molecule has 3 heteroatoms. The molecule has 0 aliphatic carbocycles. The van der Waals surface area contributed by atoms with Crippen molar-refractivity contribution in [2.45, 2.75) is 32.7 Å². The van der Waals surface area contributed by atoms with E-state index in [2.05, 4.69) is 17.1 Å². The van der Waals surface area contributed by atoms with Crippen LogP contribution < -0.4 is 5.32 Å². The van der Waals surface area contributed by atoms with Crippen molar-refractivity contribution in [3.05, 3.63) is 0 Å². The average Bonchev–Trinajstić information content (AvgIpc) is 1.84. The first-order valence-electron chi connectivity index (χ1n) is 4.48. The van der Waals surface area contributed by atoms with Gasteiger partial charge >= 0.3 is 0 Å². The molecule has 1 unspecified atom stereocenters. The summed E-state index contributed by atoms with van der Waals surface area (Å²) in [6.07, 6.45) is 2.16. The Morgan fingerprint density at radius 1 is 1.50 bits per heavy atom. The third kappa shape index (κ3) is 6.16. The van der Waals surface area contributed by atoms with Crippen LogP contribution in [0.25, 0.3) is 0 Å². The molecule has 0 saturated carbocycles. The van der Waals surface area contributed by atoms with Gasteiger partial charge in [0.25, 0.3) is 0 Å². The smallest absolute Gasteiger partial charge is 0.217 e. The van der Waals surface area contributed by atoms with Gasteiger partial charge in [-0.05, 0) is 20.5 Å². The van der Waals surface area contributed by atoms with E-state index in [1.54, 1.807) is 6.92 Å². The number of amides is 1. The highest BCUT2D eigenvalue weighted by Crippen LogP contribution is 1.97. The van der Waals surface area contributed by atoms with Crippen LogP contribution in [0.1, 0.15) is 26.7 Å². The van der Waals surface area contributed by atoms with Crippen molar-refractivity contribution in [1.82, 2.24) is 10.2 Å². The van der Waals surface area contributed by atoms with E-state index in [1.807, 2.05) is 14.1 Å². The van der Waals surface area contributed by atoms with E-state index in [1.165, 1.54) is 0 Å². The molecule has 0 aromatic heterocycles. The van der Waals surface area contributed by atoms with Crippen LogP contribution in [0.2, 0.25) is 0 Å². The standard InChI is InChI=1S/C9H20N2O/c1-5-6-9(7-11(3)4)10-8(2)12/h9H,5-7H2,1-4H3,(H,10,12). The Morgan fingerprint density at radius 3 is 2.42 bits per heavy atom. The number of nitrogens with one attached hydrogen (secondary N) is 1. The highest BCUT2D eigenvalue weighted by molar-refractivity contribution is 5.73. The van der Waals surface area contributed by atoms with Crippen LogP contribution in [-0.2, 0) is 4.79 Å². The van der Waals surface area contributed by atoms with Gasteiger partial charge in [-0.15, -0.1) is 0 Å². The zero-order valence-corrected chi connectivity index (χ0v) is 8.55. The summed E-state index contributed by atoms with van der Waals surface area (Å²) in [4.78, 5) is 12.9. The summed E-state index contributed by atoms with van der Waals surface area (Å²) in [5.41, 5.74) is 0. The third-order valence-electron chi connectivity index (χ3n) is 1.63. The van der Waals surface area contributed by atoms with Crippen LogP contribution in [0, 0.1) is 0 Å². The summed E-state index contributed by atoms with van der Waals surface area (Å²) in [7, 11) is 4.04. The maximum absolute atomic E-state index is 10.8. The molecular formula is C9H20N2O. The molecule has 1 N–H and O–H groups in total. The maximum atomic E-state index is 10.8. The van der Waals surface area contributed by atoms with Gasteiger partial charge in [0, 0.05) is 19.5 Å². The number of carbonyl (C=O) groups is 1. The van der Waals surface area contributed by atoms with Gasteiger partial charge in [-0.25, -0.2) is 0 Å². The monoisotopic (exact) mass is 172 g/mol. The molecule has 0 heterocycles. The molecule has 0 aliphatic heterocycles. The van der Waals surface area contributed by atoms with Gasteiger partial charge in [0.1, 0.15) is 0 Å². The first-order chi connectivity index (χ1) is 5.56. The van der Waals surface area contributed by atoms with Crippen LogP contribution in [0.3, 0.4) is 0 Å². The van der Waals surface area contributed by atoms with Gasteiger partial charge in [-0.2, -0.15) is 0 Å². The minimum atomic E-state index is 0.0651. The lowest BCUT2D eigenvalue weighted by Crippen LogP contribution is -2.40. The minimum absolute atomic E-state index is 0.0651. The van der Waals surface area contributed by atoms with Crippen LogP contribution in [0.15, 0.2) is 0 Å². The van der Waals surface area contributed by atoms with E-state index in [0.717, 1.165) is 19.4 Å². The van der Waals surface area contributed by atoms with Gasteiger partial charge in [0.15, 0.2) is 0 Å². The highest BCUT2D eigenvalue weighted by Gasteiger charge is 2.08. The molecule has 0 spiro atoms. The van der Waals surface area contributed by atoms with Crippen molar-refractivity contribution in [3.63, 3.8) is 0 Å². The maximum Gasteiger partial charge on any atom is 0.217 e. The number of rotatable bonds is 5. The number of hydrogen-bond acceptors (Lipinski definition) is 2. The van der Waals surface area contributed by atoms with Crippen molar-refractivity contribution >= 4 is 5.91 Å². The normalized spacial score (nSPS) is 13.1. The Kier molecular flexibility index (Phi) is 5.72. The largest absolute Gasteiger partial charge is 0.352 e. The molecule has 1 amide bonds. The molecule has 1 atom stereocenters. The summed E-state index contributed by atoms with van der Waals surface area (Å²) in [5, 5.41) is 2.93. The molecule has 0 aromatic carbocycles. The van der Waals surface area contributed by atoms with Gasteiger partial charge in [0.05, 0.1) is 0 Å². The Labute approximate surface area is 75.1 Å². The highest BCUT2D eigenvalue weighted by atomic mass is 16.1. The quantitative estimate of drug-likeness (QED) is 0.667. The SMILES string of the molecule is CCCC(CN(C)C)NC(C)=O. The molecular weight excluding hydrogens is 152 g/mol. The van der Waals surface area contributed by atoms with E-state index in [4.69, 9.17) is 0 Å². The number of carbonyl (C=O) groups excluding carboxylic acids is 1. The summed E-state index contributed by atoms with van der Waals surface area (Å²) in [5.74, 6) is 0.0651. The van der Waals surface area contributed by atoms with Crippen molar-refractivity contribution in [3.8, 4) is 0 Å². The minimum Gasteiger partial charge on any atom is -0.352 e. The van der Waals surface area contributed by atoms with Gasteiger partial charge < -0.3 is 10.2 Å². The first-order valence-corrected chi connectivity index (χ1v) is 4.48. The van der Waals surface area contributed by atoms with Crippen molar-refractivity contribution in [1.29, 1.82) is 0 Å². The zero-order valence-electron chi connectivity index (χ0n) is 8.55. The van der Waals surface area contributed by atoms with E-state index in [-0.39, 0.29) is 5.91 Å². The lowest BCUT2D eigenvalue weighted by Gasteiger charge is -2.20. The second-order valence-electron chi connectivity index (χ2n) is 3.45. The molecule has 0 bridgehead atoms. The lowest BCUT2D eigenvalue weighted by atomic mass is 10.1. The predicted octanol–water partition coefficient (Wildman–Crippen LogP) is 0.853. The molecule has 0 saturated heterocycles. The summed E-state index contributed by atoms with van der Waals surface area (Å²) >= 11 is 0. The first kappa shape index (κ1) is 11.4. The molecule has 0 aliphatic rings. The number of likely N-dealkylation sites (N-methyl/N-ethyl adjacent to an activating group) is 1. The molecule has 12 heavy (non-hydrogen) atoms. The van der Waals surface area contributed by atoms with Gasteiger partial charge in [-0.3, -0.25) is 4.79 Å². The average molecular weight is 172 g/mol. The van der Waals surface area contributed by atoms with E-state index >= 15 is 0 Å². The third-order valence-corrected chi connectivity index (χ3v) is 1.63. The van der Waals surface area contributed by atoms with Gasteiger partial charge in [0.2, 0.25) is 5.91 Å². The Bertz CT molecular complexity index is 134. The van der Waals surface area contributed by atoms with Crippen LogP contribution in [0.4, 0.5) is 0 Å². The van der Waals surface area contributed by atoms with Gasteiger partial charge in [-0.1, -0.05) is 13.3 Å². The van der Waals surface area contributed by atoms with Crippen molar-refractivity contribution in [2.24, 2.45) is 0 Å². The summed E-state index contributed by atoms with van der Waals surface area (Å²) in [6.45, 7) is 4.62. The van der Waals surface area contributed by atoms with Crippen LogP contribution >= 0.6 is 0 Å². The molecule has 3 nitrogen and oxygen atoms in total. The van der Waals surface area contributed by atoms with Crippen LogP contribution in [0.5, 0.6) is 0 Å². The van der Waals surface area contributed by atoms with Crippen LogP contribution in [-0.4, -0.2) is 37.5 Å². The van der Waals surface area contributed by atoms with E-state index in [0.29, 0.717) is 6.04 Å². The Morgan fingerprint density at radius 2 is 2.08 bits per heavy atom. The molecule has 0 fully saturated rings. The fraction of sp³-hybridized carbons (Fsp3) is 0.889.